The Morgan fingerprint density at radius 3 is 1.09 bits per heavy atom. The maximum atomic E-state index is 10.8. The average Bonchev–Trinajstić information content (AvgIpc) is 3.01. The van der Waals surface area contributed by atoms with E-state index in [0.29, 0.717) is 12.8 Å². The van der Waals surface area contributed by atoms with E-state index >= 15 is 0 Å². The largest absolute Gasteiger partial charge is 0.395 e. The van der Waals surface area contributed by atoms with E-state index in [0.717, 1.165) is 38.5 Å². The Kier molecular flexibility index (Phi) is 30.2. The average molecular weight is 617 g/mol. The Labute approximate surface area is 266 Å². The second-order valence-electron chi connectivity index (χ2n) is 13.4. The van der Waals surface area contributed by atoms with E-state index in [9.17, 15) is 25.5 Å². The van der Waals surface area contributed by atoms with Gasteiger partial charge in [-0.05, 0) is 12.8 Å². The van der Waals surface area contributed by atoms with Crippen LogP contribution in [-0.4, -0.2) is 68.8 Å². The lowest BCUT2D eigenvalue weighted by atomic mass is 9.93. The van der Waals surface area contributed by atoms with Crippen molar-refractivity contribution in [3.8, 4) is 0 Å². The van der Waals surface area contributed by atoms with Crippen LogP contribution in [0.15, 0.2) is 0 Å². The van der Waals surface area contributed by atoms with Crippen LogP contribution in [0, 0.1) is 0 Å². The fourth-order valence-electron chi connectivity index (χ4n) is 6.10. The molecule has 0 aromatic carbocycles. The van der Waals surface area contributed by atoms with Gasteiger partial charge >= 0.3 is 0 Å². The smallest absolute Gasteiger partial charge is 0.119 e. The van der Waals surface area contributed by atoms with Crippen molar-refractivity contribution in [3.05, 3.63) is 0 Å². The minimum Gasteiger partial charge on any atom is -0.395 e. The molecule has 0 saturated carbocycles. The molecule has 0 bridgehead atoms. The van der Waals surface area contributed by atoms with Crippen LogP contribution in [0.25, 0.3) is 0 Å². The molecular formula is C36H76N2O5. The number of rotatable bonds is 34. The zero-order chi connectivity index (χ0) is 32.0. The van der Waals surface area contributed by atoms with Crippen molar-refractivity contribution in [3.63, 3.8) is 0 Å². The van der Waals surface area contributed by atoms with Gasteiger partial charge in [-0.2, -0.15) is 0 Å². The van der Waals surface area contributed by atoms with Crippen LogP contribution in [0.5, 0.6) is 0 Å². The second-order valence-corrected chi connectivity index (χ2v) is 13.4. The maximum Gasteiger partial charge on any atom is 0.119 e. The van der Waals surface area contributed by atoms with Crippen LogP contribution in [-0.2, 0) is 0 Å². The third-order valence-corrected chi connectivity index (χ3v) is 9.23. The lowest BCUT2D eigenvalue weighted by Gasteiger charge is -2.40. The number of hydrogen-bond donors (Lipinski definition) is 7. The summed E-state index contributed by atoms with van der Waals surface area (Å²) in [6.07, 6.45) is 28.5. The molecule has 8 N–H and O–H groups in total. The monoisotopic (exact) mass is 617 g/mol. The van der Waals surface area contributed by atoms with Gasteiger partial charge in [0.15, 0.2) is 0 Å². The molecule has 0 fully saturated rings. The summed E-state index contributed by atoms with van der Waals surface area (Å²) < 4.78 is 0. The van der Waals surface area contributed by atoms with Gasteiger partial charge in [-0.15, -0.1) is 0 Å². The zero-order valence-electron chi connectivity index (χ0n) is 28.6. The van der Waals surface area contributed by atoms with Crippen LogP contribution in [0.4, 0.5) is 0 Å². The quantitative estimate of drug-likeness (QED) is 0.0299. The van der Waals surface area contributed by atoms with Gasteiger partial charge in [-0.3, -0.25) is 5.32 Å². The van der Waals surface area contributed by atoms with E-state index in [1.54, 1.807) is 0 Å². The number of unbranched alkanes of at least 4 members (excludes halogenated alkanes) is 23. The van der Waals surface area contributed by atoms with Crippen molar-refractivity contribution in [2.75, 3.05) is 13.2 Å². The van der Waals surface area contributed by atoms with Crippen LogP contribution < -0.4 is 11.1 Å². The Balaban J connectivity index is 4.09. The molecule has 0 aliphatic carbocycles. The van der Waals surface area contributed by atoms with Crippen LogP contribution in [0.3, 0.4) is 0 Å². The molecule has 260 valence electrons. The molecule has 0 aromatic heterocycles. The summed E-state index contributed by atoms with van der Waals surface area (Å²) in [6.45, 7) is 3.51. The molecule has 0 radical (unpaired) electrons. The van der Waals surface area contributed by atoms with Crippen molar-refractivity contribution in [2.45, 2.75) is 217 Å². The number of nitrogens with one attached hydrogen (secondary N) is 1. The molecule has 0 spiro atoms. The number of aliphatic hydroxyl groups is 5. The number of nitrogens with two attached hydrogens (primary N) is 1. The third kappa shape index (κ3) is 23.7. The van der Waals surface area contributed by atoms with E-state index < -0.39 is 36.6 Å². The molecule has 2 unspecified atom stereocenters. The van der Waals surface area contributed by atoms with Crippen molar-refractivity contribution in [2.24, 2.45) is 5.73 Å². The van der Waals surface area contributed by atoms with Gasteiger partial charge in [0.05, 0.1) is 31.5 Å². The van der Waals surface area contributed by atoms with E-state index in [1.165, 1.54) is 122 Å². The summed E-state index contributed by atoms with van der Waals surface area (Å²) in [5.74, 6) is 0. The van der Waals surface area contributed by atoms with Gasteiger partial charge in [-0.1, -0.05) is 174 Å². The highest BCUT2D eigenvalue weighted by atomic mass is 16.3. The van der Waals surface area contributed by atoms with Gasteiger partial charge in [0, 0.05) is 0 Å². The Hall–Kier alpha value is -0.280. The standard InChI is InChI=1S/C36H76N2O5/c1-3-5-7-9-11-13-15-17-19-20-22-24-26-28-33(41)32(30-39)38-36(37,31-40)35(43)34(42)29-27-25-23-21-18-16-14-12-10-8-6-4-2/h32-35,38-43H,3-31,37H2,1-2H3/t32-,33+,34+,35?,36?/m0/s1. The van der Waals surface area contributed by atoms with E-state index in [4.69, 9.17) is 5.73 Å². The second kappa shape index (κ2) is 30.4. The molecule has 43 heavy (non-hydrogen) atoms. The highest BCUT2D eigenvalue weighted by Crippen LogP contribution is 2.19. The molecule has 0 aromatic rings. The summed E-state index contributed by atoms with van der Waals surface area (Å²) >= 11 is 0. The number of aliphatic hydroxyl groups excluding tert-OH is 5. The van der Waals surface area contributed by atoms with Crippen LogP contribution >= 0.6 is 0 Å². The van der Waals surface area contributed by atoms with Crippen molar-refractivity contribution >= 4 is 0 Å². The first-order chi connectivity index (χ1) is 20.9. The molecule has 0 rings (SSSR count). The first-order valence-electron chi connectivity index (χ1n) is 18.7. The van der Waals surface area contributed by atoms with E-state index in [2.05, 4.69) is 19.2 Å². The predicted octanol–water partition coefficient (Wildman–Crippen LogP) is 7.24. The number of hydrogen-bond acceptors (Lipinski definition) is 7. The normalized spacial score (nSPS) is 16.2. The molecule has 0 saturated heterocycles. The summed E-state index contributed by atoms with van der Waals surface area (Å²) in [7, 11) is 0. The fraction of sp³-hybridized carbons (Fsp3) is 1.00. The van der Waals surface area contributed by atoms with Crippen molar-refractivity contribution in [1.29, 1.82) is 0 Å². The Morgan fingerprint density at radius 2 is 0.791 bits per heavy atom. The van der Waals surface area contributed by atoms with E-state index in [-0.39, 0.29) is 6.61 Å². The van der Waals surface area contributed by atoms with E-state index in [1.807, 2.05) is 0 Å². The lowest BCUT2D eigenvalue weighted by Crippen LogP contribution is -2.71. The zero-order valence-corrected chi connectivity index (χ0v) is 28.6. The fourth-order valence-corrected chi connectivity index (χ4v) is 6.10. The predicted molar refractivity (Wildman–Crippen MR) is 182 cm³/mol. The highest BCUT2D eigenvalue weighted by molar-refractivity contribution is 4.96. The van der Waals surface area contributed by atoms with Gasteiger partial charge in [0.2, 0.25) is 0 Å². The molecule has 0 heterocycles. The van der Waals surface area contributed by atoms with Crippen molar-refractivity contribution < 1.29 is 25.5 Å². The van der Waals surface area contributed by atoms with Crippen LogP contribution in [0.1, 0.15) is 187 Å². The van der Waals surface area contributed by atoms with Gasteiger partial charge in [0.1, 0.15) is 11.8 Å². The van der Waals surface area contributed by atoms with Crippen LogP contribution in [0.2, 0.25) is 0 Å². The third-order valence-electron chi connectivity index (χ3n) is 9.23. The molecule has 7 nitrogen and oxygen atoms in total. The molecule has 5 atom stereocenters. The summed E-state index contributed by atoms with van der Waals surface area (Å²) in [6, 6.07) is -0.789. The molecular weight excluding hydrogens is 540 g/mol. The summed E-state index contributed by atoms with van der Waals surface area (Å²) in [4.78, 5) is 0. The summed E-state index contributed by atoms with van der Waals surface area (Å²) in [5, 5.41) is 54.8. The Bertz CT molecular complexity index is 570. The minimum absolute atomic E-state index is 0.375. The molecule has 0 aliphatic rings. The van der Waals surface area contributed by atoms with Gasteiger partial charge in [0.25, 0.3) is 0 Å². The van der Waals surface area contributed by atoms with Gasteiger partial charge in [-0.25, -0.2) is 0 Å². The SMILES string of the molecule is CCCCCCCCCCCCCCC[C@@H](O)[C@H](CO)NC(N)(CO)C(O)[C@H](O)CCCCCCCCCCCCCC. The summed E-state index contributed by atoms with van der Waals surface area (Å²) in [5.41, 5.74) is 4.57. The topological polar surface area (TPSA) is 139 Å². The first kappa shape index (κ1) is 42.7. The molecule has 0 amide bonds. The van der Waals surface area contributed by atoms with Crippen molar-refractivity contribution in [1.82, 2.24) is 5.32 Å². The molecule has 7 heteroatoms. The maximum absolute atomic E-state index is 10.8. The Morgan fingerprint density at radius 1 is 0.488 bits per heavy atom. The first-order valence-corrected chi connectivity index (χ1v) is 18.7. The highest BCUT2D eigenvalue weighted by Gasteiger charge is 2.40. The minimum atomic E-state index is -1.71. The lowest BCUT2D eigenvalue weighted by molar-refractivity contribution is -0.0744. The molecule has 0 aliphatic heterocycles. The van der Waals surface area contributed by atoms with Gasteiger partial charge < -0.3 is 31.3 Å².